The average Bonchev–Trinajstić information content (AvgIpc) is 1.81. The van der Waals surface area contributed by atoms with Gasteiger partial charge in [0.05, 0.1) is 0 Å². The van der Waals surface area contributed by atoms with E-state index in [1.165, 1.54) is 0 Å². The summed E-state index contributed by atoms with van der Waals surface area (Å²) < 4.78 is 0. The SMILES string of the molecule is C#[N+]/C=C\C=C/CC. The Hall–Kier alpha value is -1.03. The Labute approximate surface area is 50.2 Å². The Morgan fingerprint density at radius 2 is 2.25 bits per heavy atom. The maximum absolute atomic E-state index is 4.82. The van der Waals surface area contributed by atoms with Crippen LogP contribution >= 0.6 is 0 Å². The highest BCUT2D eigenvalue weighted by atomic mass is 14.6. The first-order valence-corrected chi connectivity index (χ1v) is 2.63. The lowest BCUT2D eigenvalue weighted by Crippen LogP contribution is -1.48. The van der Waals surface area contributed by atoms with Crippen LogP contribution in [0.1, 0.15) is 13.3 Å². The summed E-state index contributed by atoms with van der Waals surface area (Å²) in [6, 6.07) is 0. The highest BCUT2D eigenvalue weighted by molar-refractivity contribution is 5.05. The summed E-state index contributed by atoms with van der Waals surface area (Å²) in [4.78, 5) is 3.28. The Morgan fingerprint density at radius 1 is 1.50 bits per heavy atom. The van der Waals surface area contributed by atoms with Crippen molar-refractivity contribution >= 4 is 0 Å². The first kappa shape index (κ1) is 6.97. The van der Waals surface area contributed by atoms with Crippen LogP contribution in [0.4, 0.5) is 0 Å². The Balaban J connectivity index is 3.31. The van der Waals surface area contributed by atoms with Crippen LogP contribution in [-0.2, 0) is 0 Å². The number of allylic oxidation sites excluding steroid dienone is 3. The lowest BCUT2D eigenvalue weighted by molar-refractivity contribution is 1.22. The molecule has 0 rings (SSSR count). The molecule has 42 valence electrons. The highest BCUT2D eigenvalue weighted by Gasteiger charge is 1.66. The second-order valence-electron chi connectivity index (χ2n) is 1.33. The van der Waals surface area contributed by atoms with Crippen molar-refractivity contribution in [1.29, 1.82) is 0 Å². The minimum atomic E-state index is 1.05. The fourth-order valence-corrected chi connectivity index (χ4v) is 0.314. The van der Waals surface area contributed by atoms with Crippen molar-refractivity contribution in [2.45, 2.75) is 13.3 Å². The molecule has 0 unspecified atom stereocenters. The minimum absolute atomic E-state index is 1.05. The summed E-state index contributed by atoms with van der Waals surface area (Å²) in [5.74, 6) is 0. The standard InChI is InChI=1S/C7H10N/c1-3-4-5-6-7-8-2/h2,4-7H,3H2,1H3/q+1/b5-4-,7-6-. The van der Waals surface area contributed by atoms with Crippen molar-refractivity contribution in [3.8, 4) is 6.57 Å². The molecule has 0 saturated carbocycles. The summed E-state index contributed by atoms with van der Waals surface area (Å²) in [6.45, 7) is 6.89. The molecule has 1 nitrogen and oxygen atoms in total. The number of hydrogen-bond acceptors (Lipinski definition) is 0. The van der Waals surface area contributed by atoms with Gasteiger partial charge in [0.2, 0.25) is 0 Å². The maximum Gasteiger partial charge on any atom is 0.305 e. The van der Waals surface area contributed by atoms with Crippen LogP contribution in [0.15, 0.2) is 24.4 Å². The molecule has 0 spiro atoms. The van der Waals surface area contributed by atoms with E-state index in [0.29, 0.717) is 0 Å². The molecule has 0 aliphatic rings. The first-order valence-electron chi connectivity index (χ1n) is 2.63. The highest BCUT2D eigenvalue weighted by Crippen LogP contribution is 1.80. The van der Waals surface area contributed by atoms with Crippen LogP contribution < -0.4 is 0 Å². The van der Waals surface area contributed by atoms with E-state index in [4.69, 9.17) is 6.57 Å². The van der Waals surface area contributed by atoms with E-state index in [9.17, 15) is 0 Å². The summed E-state index contributed by atoms with van der Waals surface area (Å²) in [5.41, 5.74) is 0. The van der Waals surface area contributed by atoms with Crippen molar-refractivity contribution in [1.82, 2.24) is 0 Å². The summed E-state index contributed by atoms with van der Waals surface area (Å²) >= 11 is 0. The van der Waals surface area contributed by atoms with Gasteiger partial charge in [-0.1, -0.05) is 19.1 Å². The Bertz CT molecular complexity index is 126. The predicted molar refractivity (Wildman–Crippen MR) is 36.9 cm³/mol. The first-order chi connectivity index (χ1) is 3.91. The zero-order chi connectivity index (χ0) is 6.24. The third-order valence-electron chi connectivity index (χ3n) is 0.655. The summed E-state index contributed by atoms with van der Waals surface area (Å²) in [5, 5.41) is 0. The molecule has 0 bridgehead atoms. The van der Waals surface area contributed by atoms with Gasteiger partial charge >= 0.3 is 6.20 Å². The zero-order valence-electron chi connectivity index (χ0n) is 5.04. The molecule has 0 aromatic carbocycles. The molecule has 0 atom stereocenters. The van der Waals surface area contributed by atoms with Gasteiger partial charge in [0.15, 0.2) is 0 Å². The van der Waals surface area contributed by atoms with Crippen LogP contribution in [-0.4, -0.2) is 0 Å². The van der Waals surface area contributed by atoms with Gasteiger partial charge in [0.1, 0.15) is 0 Å². The van der Waals surface area contributed by atoms with E-state index in [-0.39, 0.29) is 0 Å². The van der Waals surface area contributed by atoms with Gasteiger partial charge in [-0.3, -0.25) is 0 Å². The van der Waals surface area contributed by atoms with E-state index in [0.717, 1.165) is 6.42 Å². The molecule has 0 radical (unpaired) electrons. The molecule has 0 aliphatic heterocycles. The predicted octanol–water partition coefficient (Wildman–Crippen LogP) is 2.43. The smallest absolute Gasteiger partial charge is 0.0846 e. The number of hydrogen-bond donors (Lipinski definition) is 0. The Kier molecular flexibility index (Phi) is 5.20. The van der Waals surface area contributed by atoms with Gasteiger partial charge in [-0.05, 0) is 11.3 Å². The monoisotopic (exact) mass is 108 g/mol. The lowest BCUT2D eigenvalue weighted by atomic mass is 10.4. The maximum atomic E-state index is 4.82. The van der Waals surface area contributed by atoms with Crippen molar-refractivity contribution in [3.63, 3.8) is 0 Å². The molecule has 0 amide bonds. The number of nitrogens with zero attached hydrogens (tertiary/aromatic N) is 1. The molecule has 8 heavy (non-hydrogen) atoms. The third-order valence-corrected chi connectivity index (χ3v) is 0.655. The molecule has 0 aliphatic carbocycles. The third kappa shape index (κ3) is 4.97. The molecule has 0 N–H and O–H groups in total. The number of rotatable bonds is 2. The van der Waals surface area contributed by atoms with E-state index >= 15 is 0 Å². The molecular formula is C7H10N+. The summed E-state index contributed by atoms with van der Waals surface area (Å²) in [6.07, 6.45) is 8.34. The van der Waals surface area contributed by atoms with Crippen LogP contribution in [0.5, 0.6) is 0 Å². The van der Waals surface area contributed by atoms with Crippen LogP contribution in [0, 0.1) is 6.57 Å². The van der Waals surface area contributed by atoms with E-state index in [1.807, 2.05) is 12.2 Å². The molecule has 0 saturated heterocycles. The van der Waals surface area contributed by atoms with Gasteiger partial charge < -0.3 is 0 Å². The van der Waals surface area contributed by atoms with Crippen molar-refractivity contribution in [2.24, 2.45) is 0 Å². The normalized spacial score (nSPS) is 10.5. The van der Waals surface area contributed by atoms with Gasteiger partial charge in [0.25, 0.3) is 6.57 Å². The average molecular weight is 108 g/mol. The Morgan fingerprint density at radius 3 is 2.75 bits per heavy atom. The van der Waals surface area contributed by atoms with Crippen molar-refractivity contribution in [3.05, 3.63) is 29.3 Å². The molecule has 0 aromatic heterocycles. The van der Waals surface area contributed by atoms with E-state index in [1.54, 1.807) is 12.3 Å². The second kappa shape index (κ2) is 5.97. The molecule has 0 fully saturated rings. The molecule has 0 heterocycles. The van der Waals surface area contributed by atoms with Gasteiger partial charge in [-0.2, -0.15) is 0 Å². The van der Waals surface area contributed by atoms with Crippen LogP contribution in [0.25, 0.3) is 4.85 Å². The van der Waals surface area contributed by atoms with Gasteiger partial charge in [-0.15, -0.1) is 0 Å². The topological polar surface area (TPSA) is 4.36 Å². The molecular weight excluding hydrogens is 98.1 g/mol. The zero-order valence-corrected chi connectivity index (χ0v) is 5.04. The van der Waals surface area contributed by atoms with Crippen molar-refractivity contribution < 1.29 is 0 Å². The van der Waals surface area contributed by atoms with Crippen LogP contribution in [0.3, 0.4) is 0 Å². The van der Waals surface area contributed by atoms with Gasteiger partial charge in [-0.25, -0.2) is 0 Å². The minimum Gasteiger partial charge on any atom is -0.0846 e. The fourth-order valence-electron chi connectivity index (χ4n) is 0.314. The summed E-state index contributed by atoms with van der Waals surface area (Å²) in [7, 11) is 0. The van der Waals surface area contributed by atoms with Crippen molar-refractivity contribution in [2.75, 3.05) is 0 Å². The van der Waals surface area contributed by atoms with Gasteiger partial charge in [0, 0.05) is 6.08 Å². The quantitative estimate of drug-likeness (QED) is 0.478. The van der Waals surface area contributed by atoms with E-state index < -0.39 is 0 Å². The molecule has 0 aromatic rings. The fraction of sp³-hybridized carbons (Fsp3) is 0.286. The second-order valence-corrected chi connectivity index (χ2v) is 1.33. The lowest BCUT2D eigenvalue weighted by Gasteiger charge is -1.67. The largest absolute Gasteiger partial charge is 0.305 e. The molecule has 1 heteroatoms. The van der Waals surface area contributed by atoms with Crippen LogP contribution in [0.2, 0.25) is 0 Å². The van der Waals surface area contributed by atoms with E-state index in [2.05, 4.69) is 11.8 Å².